The molecule has 0 N–H and O–H groups in total. The molecule has 12 aliphatic rings. The topological polar surface area (TPSA) is 107 Å². The quantitative estimate of drug-likeness (QED) is 0.0718. The summed E-state index contributed by atoms with van der Waals surface area (Å²) in [6, 6.07) is 24.4. The van der Waals surface area contributed by atoms with Gasteiger partial charge in [0.05, 0.1) is 0 Å². The normalized spacial score (nSPS) is 34.7. The van der Waals surface area contributed by atoms with Crippen LogP contribution in [-0.4, -0.2) is 54.5 Å². The molecule has 0 radical (unpaired) electrons. The average Bonchev–Trinajstić information content (AvgIpc) is 0.735. The highest BCUT2D eigenvalue weighted by molar-refractivity contribution is 5.73. The zero-order valence-corrected chi connectivity index (χ0v) is 58.7. The van der Waals surface area contributed by atoms with Gasteiger partial charge >= 0.3 is 17.9 Å². The molecule has 504 valence electrons. The van der Waals surface area contributed by atoms with Gasteiger partial charge in [-0.25, -0.2) is 14.4 Å². The van der Waals surface area contributed by atoms with E-state index in [1.54, 1.807) is 0 Å². The fourth-order valence-corrected chi connectivity index (χ4v) is 20.5. The van der Waals surface area contributed by atoms with Gasteiger partial charge in [0, 0.05) is 0 Å². The van der Waals surface area contributed by atoms with Gasteiger partial charge in [-0.2, -0.15) is 0 Å². The van der Waals surface area contributed by atoms with E-state index in [4.69, 9.17) is 28.4 Å². The second-order valence-corrected chi connectivity index (χ2v) is 30.7. The van der Waals surface area contributed by atoms with Crippen molar-refractivity contribution in [2.75, 3.05) is 19.8 Å². The van der Waals surface area contributed by atoms with E-state index in [0.29, 0.717) is 69.5 Å². The molecule has 12 aliphatic carbocycles. The zero-order valence-electron chi connectivity index (χ0n) is 58.7. The highest BCUT2D eigenvalue weighted by Gasteiger charge is 2.65. The summed E-state index contributed by atoms with van der Waals surface area (Å²) in [6.45, 7) is 35.3. The number of carbonyl (C=O) groups excluding carboxylic acids is 3. The third-order valence-electron chi connectivity index (χ3n) is 24.5. The van der Waals surface area contributed by atoms with E-state index >= 15 is 0 Å². The van der Waals surface area contributed by atoms with Crippen molar-refractivity contribution in [1.29, 1.82) is 0 Å². The zero-order chi connectivity index (χ0) is 64.5. The molecule has 9 heteroatoms. The van der Waals surface area contributed by atoms with Gasteiger partial charge in [-0.15, -0.1) is 0 Å². The fraction of sp³-hybridized carbons (Fsp3) is 0.741. The van der Waals surface area contributed by atoms with Crippen molar-refractivity contribution in [2.24, 2.45) is 69.5 Å². The van der Waals surface area contributed by atoms with Crippen LogP contribution in [0.4, 0.5) is 0 Å². The predicted molar refractivity (Wildman–Crippen MR) is 368 cm³/mol. The molecular formula is C81H126O9. The summed E-state index contributed by atoms with van der Waals surface area (Å²) in [6.07, 6.45) is 26.2. The molecule has 0 amide bonds. The number of ether oxygens (including phenoxy) is 6. The van der Waals surface area contributed by atoms with Crippen LogP contribution < -0.4 is 14.2 Å². The van der Waals surface area contributed by atoms with E-state index < -0.39 is 0 Å². The van der Waals surface area contributed by atoms with Crippen LogP contribution in [0.15, 0.2) is 72.8 Å². The predicted octanol–water partition coefficient (Wildman–Crippen LogP) is 21.4. The van der Waals surface area contributed by atoms with E-state index in [1.165, 1.54) is 113 Å². The Morgan fingerprint density at radius 3 is 0.833 bits per heavy atom. The second-order valence-electron chi connectivity index (χ2n) is 30.7. The summed E-state index contributed by atoms with van der Waals surface area (Å²) in [5.74, 6) is 9.03. The number of hydrogen-bond donors (Lipinski definition) is 0. The largest absolute Gasteiger partial charge is 0.482 e. The molecule has 0 spiro atoms. The molecule has 0 saturated heterocycles. The van der Waals surface area contributed by atoms with Crippen molar-refractivity contribution in [3.8, 4) is 17.2 Å². The van der Waals surface area contributed by atoms with Gasteiger partial charge < -0.3 is 28.4 Å². The smallest absolute Gasteiger partial charge is 0.344 e. The van der Waals surface area contributed by atoms with Crippen molar-refractivity contribution in [1.82, 2.24) is 0 Å². The Morgan fingerprint density at radius 1 is 0.389 bits per heavy atom. The van der Waals surface area contributed by atoms with Gasteiger partial charge in [-0.05, 0) is 275 Å². The van der Waals surface area contributed by atoms with Crippen molar-refractivity contribution in [3.63, 3.8) is 0 Å². The molecule has 12 fully saturated rings. The summed E-state index contributed by atoms with van der Waals surface area (Å²) >= 11 is 0. The molecule has 0 aliphatic heterocycles. The summed E-state index contributed by atoms with van der Waals surface area (Å²) in [4.78, 5) is 38.3. The van der Waals surface area contributed by atoms with Crippen LogP contribution in [0.25, 0.3) is 0 Å². The highest BCUT2D eigenvalue weighted by atomic mass is 16.6. The first-order valence-electron chi connectivity index (χ1n) is 36.5. The fourth-order valence-electron chi connectivity index (χ4n) is 20.5. The second kappa shape index (κ2) is 31.1. The third kappa shape index (κ3) is 16.0. The van der Waals surface area contributed by atoms with Crippen molar-refractivity contribution in [2.45, 2.75) is 294 Å². The molecule has 15 rings (SSSR count). The van der Waals surface area contributed by atoms with Crippen LogP contribution in [-0.2, 0) is 28.6 Å². The number of rotatable bonds is 22. The van der Waals surface area contributed by atoms with E-state index in [1.807, 2.05) is 64.1 Å². The van der Waals surface area contributed by atoms with E-state index in [9.17, 15) is 14.4 Å². The SMILES string of the molecule is C.CC.CC.CCC(C)c1ccc(OCC(=O)OC2(CC)C3CC4CC2CC(C)(C4)C3)cc1.CCC(C)c1ccc(OCC(=O)OC2(CC)C3CC4CC2CC(C)(C4)C3)cc1.CCCC1(OC(=O)COc2ccc(C(C)CC)cc2)C2CC3CC1CC(C)(C3)C2. The molecule has 3 aromatic rings. The first kappa shape index (κ1) is 72.9. The molecule has 3 aromatic carbocycles. The first-order valence-corrected chi connectivity index (χ1v) is 36.5. The molecule has 12 saturated carbocycles. The lowest BCUT2D eigenvalue weighted by atomic mass is 9.44. The molecule has 0 aromatic heterocycles. The van der Waals surface area contributed by atoms with Crippen LogP contribution in [0.2, 0.25) is 0 Å². The van der Waals surface area contributed by atoms with Gasteiger partial charge in [0.1, 0.15) is 34.1 Å². The standard InChI is InChI=1S/C26H38O3.2C25H36O3.2C2H6.CH4/c1-5-11-26(21-12-19-13-22(26)16-25(4,14-19)15-21)29-24(27)17-28-23-9-7-20(8-10-23)18(3)6-2;2*1-5-17(3)19-7-9-22(10-8-19)27-16-23(26)28-25(6-2)20-11-18-12-21(25)15-24(4,13-18)14-20;2*1-2;/h7-10,18-19,21-22H,5-6,11-17H2,1-4H3;2*7-10,17-18,20-21H,5-6,11-16H2,1-4H3;2*1-2H3;1H4. The summed E-state index contributed by atoms with van der Waals surface area (Å²) in [5.41, 5.74) is 4.62. The van der Waals surface area contributed by atoms with E-state index in [-0.39, 0.29) is 62.0 Å². The molecule has 9 nitrogen and oxygen atoms in total. The molecule has 12 bridgehead atoms. The molecule has 90 heavy (non-hydrogen) atoms. The van der Waals surface area contributed by atoms with Crippen LogP contribution in [0, 0.1) is 69.5 Å². The Morgan fingerprint density at radius 2 is 0.622 bits per heavy atom. The van der Waals surface area contributed by atoms with Crippen LogP contribution >= 0.6 is 0 Å². The Labute approximate surface area is 548 Å². The minimum atomic E-state index is -0.253. The lowest BCUT2D eigenvalue weighted by molar-refractivity contribution is -0.226. The summed E-state index contributed by atoms with van der Waals surface area (Å²) in [5, 5.41) is 0. The maximum Gasteiger partial charge on any atom is 0.344 e. The van der Waals surface area contributed by atoms with Gasteiger partial charge in [0.2, 0.25) is 0 Å². The molecular weight excluding hydrogens is 1120 g/mol. The first-order chi connectivity index (χ1) is 42.6. The Kier molecular flexibility index (Phi) is 25.2. The van der Waals surface area contributed by atoms with Gasteiger partial charge in [-0.1, -0.05) is 161 Å². The van der Waals surface area contributed by atoms with Crippen LogP contribution in [0.1, 0.15) is 294 Å². The molecule has 0 heterocycles. The summed E-state index contributed by atoms with van der Waals surface area (Å²) in [7, 11) is 0. The summed E-state index contributed by atoms with van der Waals surface area (Å²) < 4.78 is 36.2. The molecule has 9 atom stereocenters. The van der Waals surface area contributed by atoms with Gasteiger partial charge in [-0.3, -0.25) is 0 Å². The van der Waals surface area contributed by atoms with Gasteiger partial charge in [0.25, 0.3) is 0 Å². The minimum Gasteiger partial charge on any atom is -0.482 e. The number of hydrogen-bond acceptors (Lipinski definition) is 9. The number of esters is 3. The van der Waals surface area contributed by atoms with Crippen molar-refractivity contribution < 1.29 is 42.8 Å². The van der Waals surface area contributed by atoms with Gasteiger partial charge in [0.15, 0.2) is 19.8 Å². The lowest BCUT2D eigenvalue weighted by Crippen LogP contribution is -2.62. The van der Waals surface area contributed by atoms with Crippen LogP contribution in [0.3, 0.4) is 0 Å². The van der Waals surface area contributed by atoms with E-state index in [2.05, 4.69) is 119 Å². The number of carbonyl (C=O) groups is 3. The molecule has 9 unspecified atom stereocenters. The van der Waals surface area contributed by atoms with Crippen molar-refractivity contribution in [3.05, 3.63) is 89.5 Å². The third-order valence-corrected chi connectivity index (χ3v) is 24.5. The monoisotopic (exact) mass is 1240 g/mol. The highest BCUT2D eigenvalue weighted by Crippen LogP contribution is 2.68. The Hall–Kier alpha value is -4.53. The Bertz CT molecular complexity index is 2560. The minimum absolute atomic E-state index is 0. The lowest BCUT2D eigenvalue weighted by Gasteiger charge is -2.64. The van der Waals surface area contributed by atoms with E-state index in [0.717, 1.165) is 79.9 Å². The average molecular weight is 1240 g/mol. The number of benzene rings is 3. The maximum absolute atomic E-state index is 12.8. The Balaban J connectivity index is 0.000000186. The maximum atomic E-state index is 12.8. The van der Waals surface area contributed by atoms with Crippen molar-refractivity contribution >= 4 is 17.9 Å². The van der Waals surface area contributed by atoms with Crippen LogP contribution in [0.5, 0.6) is 17.2 Å².